The molecule has 1 saturated carbocycles. The molecule has 12 heteroatoms. The Kier molecular flexibility index (Phi) is 6.25. The summed E-state index contributed by atoms with van der Waals surface area (Å²) < 4.78 is 44.6. The fraction of sp³-hybridized carbons (Fsp3) is 0.444. The van der Waals surface area contributed by atoms with Crippen LogP contribution >= 0.6 is 0 Å². The molecule has 0 saturated heterocycles. The molecule has 0 bridgehead atoms. The van der Waals surface area contributed by atoms with Gasteiger partial charge in [-0.05, 0) is 31.0 Å². The molecule has 162 valence electrons. The van der Waals surface area contributed by atoms with E-state index in [1.54, 1.807) is 0 Å². The van der Waals surface area contributed by atoms with Gasteiger partial charge in [0.15, 0.2) is 11.5 Å². The fourth-order valence-corrected chi connectivity index (χ4v) is 3.29. The number of hydrogen-bond acceptors (Lipinski definition) is 8. The van der Waals surface area contributed by atoms with Crippen molar-refractivity contribution in [1.82, 2.24) is 15.2 Å². The lowest BCUT2D eigenvalue weighted by atomic mass is 9.91. The maximum Gasteiger partial charge on any atom is 0.420 e. The number of carbonyl (C=O) groups excluding carboxylic acids is 1. The third kappa shape index (κ3) is 4.87. The van der Waals surface area contributed by atoms with Crippen molar-refractivity contribution < 1.29 is 22.7 Å². The van der Waals surface area contributed by atoms with Crippen LogP contribution in [0.5, 0.6) is 5.75 Å². The van der Waals surface area contributed by atoms with E-state index in [2.05, 4.69) is 25.8 Å². The third-order valence-corrected chi connectivity index (χ3v) is 4.82. The monoisotopic (exact) mass is 425 g/mol. The van der Waals surface area contributed by atoms with Crippen LogP contribution in [0.15, 0.2) is 18.2 Å². The molecule has 1 aromatic heterocycles. The highest BCUT2D eigenvalue weighted by Gasteiger charge is 2.34. The molecule has 6 N–H and O–H groups in total. The van der Waals surface area contributed by atoms with Crippen LogP contribution in [-0.2, 0) is 6.18 Å². The van der Waals surface area contributed by atoms with Crippen molar-refractivity contribution in [2.75, 3.05) is 17.7 Å². The van der Waals surface area contributed by atoms with Gasteiger partial charge >= 0.3 is 6.18 Å². The maximum absolute atomic E-state index is 13.3. The molecule has 1 aliphatic carbocycles. The Bertz CT molecular complexity index is 923. The molecule has 0 spiro atoms. The molecule has 2 atom stereocenters. The summed E-state index contributed by atoms with van der Waals surface area (Å²) >= 11 is 0. The van der Waals surface area contributed by atoms with Gasteiger partial charge in [-0.3, -0.25) is 4.79 Å². The third-order valence-electron chi connectivity index (χ3n) is 4.82. The normalized spacial score (nSPS) is 19.2. The van der Waals surface area contributed by atoms with Crippen molar-refractivity contribution in [2.45, 2.75) is 43.9 Å². The molecule has 1 heterocycles. The number of nitrogens with one attached hydrogen (secondary N) is 2. The second-order valence-corrected chi connectivity index (χ2v) is 6.93. The first kappa shape index (κ1) is 21.6. The summed E-state index contributed by atoms with van der Waals surface area (Å²) in [6.45, 7) is 0. The van der Waals surface area contributed by atoms with Gasteiger partial charge in [0.05, 0.1) is 12.7 Å². The zero-order valence-corrected chi connectivity index (χ0v) is 16.2. The topological polar surface area (TPSA) is 141 Å². The summed E-state index contributed by atoms with van der Waals surface area (Å²) in [4.78, 5) is 15.9. The van der Waals surface area contributed by atoms with Crippen LogP contribution < -0.4 is 26.8 Å². The van der Waals surface area contributed by atoms with Crippen LogP contribution in [-0.4, -0.2) is 40.3 Å². The van der Waals surface area contributed by atoms with Crippen LogP contribution in [0.1, 0.15) is 41.7 Å². The van der Waals surface area contributed by atoms with Crippen LogP contribution in [0.3, 0.4) is 0 Å². The fourth-order valence-electron chi connectivity index (χ4n) is 3.29. The van der Waals surface area contributed by atoms with Gasteiger partial charge in [0.1, 0.15) is 5.75 Å². The van der Waals surface area contributed by atoms with Gasteiger partial charge in [0.2, 0.25) is 5.95 Å². The summed E-state index contributed by atoms with van der Waals surface area (Å²) in [5, 5.41) is 13.4. The molecule has 1 amide bonds. The number of aromatic nitrogens is 3. The van der Waals surface area contributed by atoms with Gasteiger partial charge in [-0.15, -0.1) is 10.2 Å². The van der Waals surface area contributed by atoms with Gasteiger partial charge < -0.3 is 26.8 Å². The molecule has 1 aliphatic rings. The standard InChI is InChI=1S/C18H22F3N7O2/c1-30-13-7-6-9(8-10(13)18(19,20)21)24-16-14(15(23)29)27-28-17(26-16)25-12-5-3-2-4-11(12)22/h6-8,11-12H,2-5,22H2,1H3,(H2,23,29)(H2,24,25,26,28)/t11-,12+/m0/s1. The molecule has 1 aromatic carbocycles. The number of benzene rings is 1. The second-order valence-electron chi connectivity index (χ2n) is 6.93. The first-order chi connectivity index (χ1) is 14.2. The van der Waals surface area contributed by atoms with E-state index in [0.29, 0.717) is 0 Å². The van der Waals surface area contributed by atoms with Gasteiger partial charge in [-0.25, -0.2) is 0 Å². The average molecular weight is 425 g/mol. The lowest BCUT2D eigenvalue weighted by Crippen LogP contribution is -2.43. The van der Waals surface area contributed by atoms with E-state index < -0.39 is 17.6 Å². The summed E-state index contributed by atoms with van der Waals surface area (Å²) in [6, 6.07) is 3.18. The Balaban J connectivity index is 1.91. The molecule has 2 aromatic rings. The van der Waals surface area contributed by atoms with Crippen molar-refractivity contribution in [3.63, 3.8) is 0 Å². The number of alkyl halides is 3. The quantitative estimate of drug-likeness (QED) is 0.553. The first-order valence-electron chi connectivity index (χ1n) is 9.28. The van der Waals surface area contributed by atoms with Crippen molar-refractivity contribution in [2.24, 2.45) is 11.5 Å². The van der Waals surface area contributed by atoms with Crippen molar-refractivity contribution in [3.8, 4) is 5.75 Å². The lowest BCUT2D eigenvalue weighted by Gasteiger charge is -2.29. The van der Waals surface area contributed by atoms with Crippen LogP contribution in [0.4, 0.5) is 30.6 Å². The smallest absolute Gasteiger partial charge is 0.420 e. The number of nitrogens with two attached hydrogens (primary N) is 2. The number of ether oxygens (including phenoxy) is 1. The number of anilines is 3. The van der Waals surface area contributed by atoms with Gasteiger partial charge in [-0.2, -0.15) is 18.2 Å². The molecular formula is C18H22F3N7O2. The van der Waals surface area contributed by atoms with Gasteiger partial charge in [-0.1, -0.05) is 12.8 Å². The Hall–Kier alpha value is -3.15. The summed E-state index contributed by atoms with van der Waals surface area (Å²) in [7, 11) is 1.14. The Morgan fingerprint density at radius 2 is 1.97 bits per heavy atom. The molecule has 1 fully saturated rings. The number of amides is 1. The van der Waals surface area contributed by atoms with Crippen LogP contribution in [0, 0.1) is 0 Å². The number of primary amides is 1. The summed E-state index contributed by atoms with van der Waals surface area (Å²) in [5.74, 6) is -1.29. The summed E-state index contributed by atoms with van der Waals surface area (Å²) in [6.07, 6.45) is -0.941. The highest BCUT2D eigenvalue weighted by molar-refractivity contribution is 5.96. The van der Waals surface area contributed by atoms with Crippen LogP contribution in [0.2, 0.25) is 0 Å². The first-order valence-corrected chi connectivity index (χ1v) is 9.28. The minimum Gasteiger partial charge on any atom is -0.496 e. The second kappa shape index (κ2) is 8.69. The number of halogens is 3. The average Bonchev–Trinajstić information content (AvgIpc) is 2.69. The molecular weight excluding hydrogens is 403 g/mol. The highest BCUT2D eigenvalue weighted by atomic mass is 19.4. The summed E-state index contributed by atoms with van der Waals surface area (Å²) in [5.41, 5.74) is 10.1. The van der Waals surface area contributed by atoms with E-state index in [1.807, 2.05) is 0 Å². The van der Waals surface area contributed by atoms with E-state index in [9.17, 15) is 18.0 Å². The largest absolute Gasteiger partial charge is 0.496 e. The van der Waals surface area contributed by atoms with Crippen molar-refractivity contribution in [1.29, 1.82) is 0 Å². The molecule has 0 aliphatic heterocycles. The Morgan fingerprint density at radius 3 is 2.60 bits per heavy atom. The molecule has 30 heavy (non-hydrogen) atoms. The number of hydrogen-bond donors (Lipinski definition) is 4. The van der Waals surface area contributed by atoms with Gasteiger partial charge in [0, 0.05) is 17.8 Å². The molecule has 3 rings (SSSR count). The predicted molar refractivity (Wildman–Crippen MR) is 103 cm³/mol. The molecule has 0 unspecified atom stereocenters. The highest BCUT2D eigenvalue weighted by Crippen LogP contribution is 2.38. The zero-order chi connectivity index (χ0) is 21.9. The molecule has 9 nitrogen and oxygen atoms in total. The number of rotatable bonds is 6. The SMILES string of the molecule is COc1ccc(Nc2nc(N[C@@H]3CCCC[C@@H]3N)nnc2C(N)=O)cc1C(F)(F)F. The van der Waals surface area contributed by atoms with Crippen LogP contribution in [0.25, 0.3) is 0 Å². The van der Waals surface area contributed by atoms with Crippen molar-refractivity contribution >= 4 is 23.4 Å². The lowest BCUT2D eigenvalue weighted by molar-refractivity contribution is -0.138. The zero-order valence-electron chi connectivity index (χ0n) is 16.2. The number of methoxy groups -OCH3 is 1. The van der Waals surface area contributed by atoms with E-state index in [4.69, 9.17) is 16.2 Å². The maximum atomic E-state index is 13.3. The van der Waals surface area contributed by atoms with E-state index in [1.165, 1.54) is 6.07 Å². The molecule has 0 radical (unpaired) electrons. The minimum atomic E-state index is -4.64. The Labute approximate surface area is 170 Å². The Morgan fingerprint density at radius 1 is 1.23 bits per heavy atom. The van der Waals surface area contributed by atoms with E-state index in [-0.39, 0.29) is 41.0 Å². The predicted octanol–water partition coefficient (Wildman–Crippen LogP) is 2.42. The number of carbonyl (C=O) groups is 1. The van der Waals surface area contributed by atoms with E-state index in [0.717, 1.165) is 44.9 Å². The number of nitrogens with zero attached hydrogens (tertiary/aromatic N) is 3. The van der Waals surface area contributed by atoms with Gasteiger partial charge in [0.25, 0.3) is 5.91 Å². The van der Waals surface area contributed by atoms with E-state index >= 15 is 0 Å². The minimum absolute atomic E-state index is 0.0199. The van der Waals surface area contributed by atoms with Crippen molar-refractivity contribution in [3.05, 3.63) is 29.5 Å².